The number of nitrogens with zero attached hydrogens (tertiary/aromatic N) is 3. The summed E-state index contributed by atoms with van der Waals surface area (Å²) in [5.41, 5.74) is 7.43. The molecule has 1 aliphatic rings. The first kappa shape index (κ1) is 13.1. The van der Waals surface area contributed by atoms with Crippen molar-refractivity contribution in [3.63, 3.8) is 0 Å². The van der Waals surface area contributed by atoms with Crippen molar-refractivity contribution in [3.8, 4) is 11.4 Å². The Labute approximate surface area is 118 Å². The first-order valence-electron chi connectivity index (χ1n) is 6.95. The number of hydrogen-bond acceptors (Lipinski definition) is 4. The smallest absolute Gasteiger partial charge is 0.181 e. The fraction of sp³-hybridized carbons (Fsp3) is 0.467. The minimum atomic E-state index is -0.0119. The molecule has 0 spiro atoms. The van der Waals surface area contributed by atoms with Gasteiger partial charge >= 0.3 is 0 Å². The zero-order valence-corrected chi connectivity index (χ0v) is 11.9. The second-order valence-electron chi connectivity index (χ2n) is 5.95. The largest absolute Gasteiger partial charge is 0.399 e. The lowest BCUT2D eigenvalue weighted by molar-refractivity contribution is -0.0229. The molecule has 0 saturated carbocycles. The molecule has 1 atom stereocenters. The highest BCUT2D eigenvalue weighted by Crippen LogP contribution is 2.30. The van der Waals surface area contributed by atoms with E-state index in [1.54, 1.807) is 6.33 Å². The third-order valence-electron chi connectivity index (χ3n) is 3.63. The van der Waals surface area contributed by atoms with E-state index in [4.69, 9.17) is 10.5 Å². The summed E-state index contributed by atoms with van der Waals surface area (Å²) in [5, 5.41) is 4.50. The van der Waals surface area contributed by atoms with Crippen molar-refractivity contribution in [1.29, 1.82) is 0 Å². The lowest BCUT2D eigenvalue weighted by Crippen LogP contribution is -2.23. The molecule has 1 aliphatic heterocycles. The molecule has 2 aromatic rings. The zero-order valence-electron chi connectivity index (χ0n) is 11.9. The highest BCUT2D eigenvalue weighted by molar-refractivity contribution is 5.60. The van der Waals surface area contributed by atoms with E-state index in [1.807, 2.05) is 28.9 Å². The average molecular weight is 272 g/mol. The van der Waals surface area contributed by atoms with Gasteiger partial charge in [-0.05, 0) is 38.8 Å². The molecule has 1 aromatic carbocycles. The topological polar surface area (TPSA) is 66.0 Å². The Morgan fingerprint density at radius 1 is 1.45 bits per heavy atom. The predicted molar refractivity (Wildman–Crippen MR) is 78.1 cm³/mol. The van der Waals surface area contributed by atoms with Crippen molar-refractivity contribution in [2.24, 2.45) is 0 Å². The van der Waals surface area contributed by atoms with Crippen molar-refractivity contribution < 1.29 is 4.74 Å². The predicted octanol–water partition coefficient (Wildman–Crippen LogP) is 2.48. The van der Waals surface area contributed by atoms with Crippen LogP contribution in [0.1, 0.15) is 26.7 Å². The standard InChI is InChI=1S/C15H20N4O/c1-15(2)7-6-13(20-15)9-19-10-17-14(18-19)11-4-3-5-12(16)8-11/h3-5,8,10,13H,6-7,9,16H2,1-2H3. The maximum atomic E-state index is 5.98. The molecular formula is C15H20N4O. The monoisotopic (exact) mass is 272 g/mol. The molecule has 106 valence electrons. The minimum Gasteiger partial charge on any atom is -0.399 e. The number of benzene rings is 1. The van der Waals surface area contributed by atoms with Crippen molar-refractivity contribution in [3.05, 3.63) is 30.6 Å². The van der Waals surface area contributed by atoms with Gasteiger partial charge in [0.2, 0.25) is 0 Å². The van der Waals surface area contributed by atoms with Gasteiger partial charge in [-0.1, -0.05) is 12.1 Å². The highest BCUT2D eigenvalue weighted by atomic mass is 16.5. The van der Waals surface area contributed by atoms with Gasteiger partial charge in [0.25, 0.3) is 0 Å². The van der Waals surface area contributed by atoms with Crippen molar-refractivity contribution in [2.45, 2.75) is 44.9 Å². The van der Waals surface area contributed by atoms with Crippen LogP contribution >= 0.6 is 0 Å². The molecule has 5 heteroatoms. The van der Waals surface area contributed by atoms with E-state index in [0.717, 1.165) is 30.6 Å². The molecule has 1 aromatic heterocycles. The van der Waals surface area contributed by atoms with E-state index in [1.165, 1.54) is 0 Å². The first-order valence-corrected chi connectivity index (χ1v) is 6.95. The van der Waals surface area contributed by atoms with E-state index in [9.17, 15) is 0 Å². The van der Waals surface area contributed by atoms with Crippen LogP contribution in [0.2, 0.25) is 0 Å². The fourth-order valence-electron chi connectivity index (χ4n) is 2.61. The number of anilines is 1. The zero-order chi connectivity index (χ0) is 14.2. The molecule has 0 radical (unpaired) electrons. The third-order valence-corrected chi connectivity index (χ3v) is 3.63. The van der Waals surface area contributed by atoms with Gasteiger partial charge in [0, 0.05) is 11.3 Å². The summed E-state index contributed by atoms with van der Waals surface area (Å²) < 4.78 is 7.83. The van der Waals surface area contributed by atoms with Crippen molar-refractivity contribution in [2.75, 3.05) is 5.73 Å². The summed E-state index contributed by atoms with van der Waals surface area (Å²) in [7, 11) is 0. The summed E-state index contributed by atoms with van der Waals surface area (Å²) in [5.74, 6) is 0.703. The Balaban J connectivity index is 1.71. The number of rotatable bonds is 3. The quantitative estimate of drug-likeness (QED) is 0.872. The Kier molecular flexibility index (Phi) is 3.22. The molecule has 3 rings (SSSR count). The molecule has 0 bridgehead atoms. The normalized spacial score (nSPS) is 21.2. The molecule has 2 N–H and O–H groups in total. The Bertz CT molecular complexity index is 605. The van der Waals surface area contributed by atoms with Crippen molar-refractivity contribution in [1.82, 2.24) is 14.8 Å². The summed E-state index contributed by atoms with van der Waals surface area (Å²) in [6.45, 7) is 5.01. The molecule has 0 aliphatic carbocycles. The lowest BCUT2D eigenvalue weighted by atomic mass is 10.1. The maximum absolute atomic E-state index is 5.98. The van der Waals surface area contributed by atoms with Crippen molar-refractivity contribution >= 4 is 5.69 Å². The van der Waals surface area contributed by atoms with Gasteiger partial charge in [0.1, 0.15) is 6.33 Å². The van der Waals surface area contributed by atoms with E-state index in [2.05, 4.69) is 23.9 Å². The molecule has 0 amide bonds. The maximum Gasteiger partial charge on any atom is 0.181 e. The van der Waals surface area contributed by atoms with Gasteiger partial charge < -0.3 is 10.5 Å². The van der Waals surface area contributed by atoms with E-state index >= 15 is 0 Å². The first-order chi connectivity index (χ1) is 9.52. The molecule has 5 nitrogen and oxygen atoms in total. The van der Waals surface area contributed by atoms with E-state index < -0.39 is 0 Å². The summed E-state index contributed by atoms with van der Waals surface area (Å²) in [6, 6.07) is 7.61. The van der Waals surface area contributed by atoms with Crippen LogP contribution in [-0.2, 0) is 11.3 Å². The van der Waals surface area contributed by atoms with Gasteiger partial charge in [-0.25, -0.2) is 9.67 Å². The number of ether oxygens (including phenoxy) is 1. The van der Waals surface area contributed by atoms with Crippen LogP contribution in [0.3, 0.4) is 0 Å². The van der Waals surface area contributed by atoms with Crippen LogP contribution in [0.4, 0.5) is 5.69 Å². The minimum absolute atomic E-state index is 0.0119. The van der Waals surface area contributed by atoms with Crippen LogP contribution < -0.4 is 5.73 Å². The summed E-state index contributed by atoms with van der Waals surface area (Å²) in [4.78, 5) is 4.35. The Hall–Kier alpha value is -1.88. The lowest BCUT2D eigenvalue weighted by Gasteiger charge is -2.18. The summed E-state index contributed by atoms with van der Waals surface area (Å²) >= 11 is 0. The molecule has 1 unspecified atom stereocenters. The van der Waals surface area contributed by atoms with E-state index in [-0.39, 0.29) is 11.7 Å². The average Bonchev–Trinajstić information content (AvgIpc) is 2.97. The van der Waals surface area contributed by atoms with Gasteiger partial charge in [-0.15, -0.1) is 0 Å². The second-order valence-corrected chi connectivity index (χ2v) is 5.95. The molecular weight excluding hydrogens is 252 g/mol. The summed E-state index contributed by atoms with van der Waals surface area (Å²) in [6.07, 6.45) is 4.14. The van der Waals surface area contributed by atoms with Gasteiger partial charge in [0.15, 0.2) is 5.82 Å². The third kappa shape index (κ3) is 2.82. The Morgan fingerprint density at radius 2 is 2.30 bits per heavy atom. The van der Waals surface area contributed by atoms with Crippen LogP contribution in [-0.4, -0.2) is 26.5 Å². The molecule has 1 fully saturated rings. The fourth-order valence-corrected chi connectivity index (χ4v) is 2.61. The number of nitrogens with two attached hydrogens (primary N) is 1. The van der Waals surface area contributed by atoms with Gasteiger partial charge in [0.05, 0.1) is 18.2 Å². The number of aromatic nitrogens is 3. The Morgan fingerprint density at radius 3 is 3.00 bits per heavy atom. The van der Waals surface area contributed by atoms with Gasteiger partial charge in [-0.2, -0.15) is 5.10 Å². The van der Waals surface area contributed by atoms with Crippen LogP contribution in [0.5, 0.6) is 0 Å². The van der Waals surface area contributed by atoms with Crippen LogP contribution in [0.15, 0.2) is 30.6 Å². The molecule has 20 heavy (non-hydrogen) atoms. The second kappa shape index (κ2) is 4.90. The van der Waals surface area contributed by atoms with Crippen LogP contribution in [0, 0.1) is 0 Å². The molecule has 1 saturated heterocycles. The van der Waals surface area contributed by atoms with E-state index in [0.29, 0.717) is 5.82 Å². The molecule has 2 heterocycles. The number of nitrogen functional groups attached to an aromatic ring is 1. The SMILES string of the molecule is CC1(C)CCC(Cn2cnc(-c3cccc(N)c3)n2)O1. The van der Waals surface area contributed by atoms with Gasteiger partial charge in [-0.3, -0.25) is 0 Å². The highest BCUT2D eigenvalue weighted by Gasteiger charge is 2.31. The number of hydrogen-bond donors (Lipinski definition) is 1. The van der Waals surface area contributed by atoms with Crippen LogP contribution in [0.25, 0.3) is 11.4 Å².